The van der Waals surface area contributed by atoms with Gasteiger partial charge >= 0.3 is 6.18 Å². The zero-order chi connectivity index (χ0) is 10.3. The van der Waals surface area contributed by atoms with Crippen LogP contribution in [0, 0.1) is 0 Å². The maximum absolute atomic E-state index is 12.3. The van der Waals surface area contributed by atoms with Crippen LogP contribution in [-0.2, 0) is 6.18 Å². The van der Waals surface area contributed by atoms with Crippen molar-refractivity contribution in [3.63, 3.8) is 0 Å². The van der Waals surface area contributed by atoms with Crippen molar-refractivity contribution < 1.29 is 13.2 Å². The zero-order valence-electron chi connectivity index (χ0n) is 6.78. The highest BCUT2D eigenvalue weighted by molar-refractivity contribution is 5.52. The number of alkyl halides is 3. The Kier molecular flexibility index (Phi) is 1.63. The maximum atomic E-state index is 12.3. The number of nitrogens with zero attached hydrogens (tertiary/aromatic N) is 3. The van der Waals surface area contributed by atoms with Crippen molar-refractivity contribution in [1.29, 1.82) is 0 Å². The average molecular weight is 202 g/mol. The molecule has 2 aromatic heterocycles. The van der Waals surface area contributed by atoms with Gasteiger partial charge in [-0.2, -0.15) is 22.8 Å². The van der Waals surface area contributed by atoms with Gasteiger partial charge in [0.05, 0.1) is 6.20 Å². The molecule has 0 aromatic carbocycles. The molecule has 0 aliphatic heterocycles. The number of anilines is 1. The summed E-state index contributed by atoms with van der Waals surface area (Å²) >= 11 is 0. The topological polar surface area (TPSA) is 56.2 Å². The van der Waals surface area contributed by atoms with Gasteiger partial charge in [0.2, 0.25) is 0 Å². The molecule has 0 atom stereocenters. The standard InChI is InChI=1S/C7H5F3N4/c8-7(9,10)4-3-13-14-5(11)1-2-12-6(4)14/h1-3H,11H2. The molecule has 0 amide bonds. The molecule has 0 saturated heterocycles. The highest BCUT2D eigenvalue weighted by Crippen LogP contribution is 2.31. The van der Waals surface area contributed by atoms with E-state index in [1.165, 1.54) is 12.3 Å². The third-order valence-corrected chi connectivity index (χ3v) is 1.74. The summed E-state index contributed by atoms with van der Waals surface area (Å²) in [4.78, 5) is 3.57. The van der Waals surface area contributed by atoms with Gasteiger partial charge in [-0.15, -0.1) is 0 Å². The Morgan fingerprint density at radius 1 is 1.36 bits per heavy atom. The molecule has 0 aliphatic carbocycles. The predicted molar refractivity (Wildman–Crippen MR) is 42.4 cm³/mol. The van der Waals surface area contributed by atoms with Crippen molar-refractivity contribution >= 4 is 11.5 Å². The van der Waals surface area contributed by atoms with Crippen LogP contribution in [0.3, 0.4) is 0 Å². The van der Waals surface area contributed by atoms with Gasteiger partial charge in [-0.25, -0.2) is 4.98 Å². The molecule has 0 radical (unpaired) electrons. The van der Waals surface area contributed by atoms with E-state index in [0.29, 0.717) is 6.20 Å². The molecule has 0 fully saturated rings. The van der Waals surface area contributed by atoms with Gasteiger partial charge in [0, 0.05) is 6.20 Å². The lowest BCUT2D eigenvalue weighted by atomic mass is 10.3. The molecule has 0 unspecified atom stereocenters. The van der Waals surface area contributed by atoms with Crippen molar-refractivity contribution in [2.24, 2.45) is 0 Å². The predicted octanol–water partition coefficient (Wildman–Crippen LogP) is 1.33. The molecule has 74 valence electrons. The van der Waals surface area contributed by atoms with Crippen LogP contribution < -0.4 is 5.73 Å². The highest BCUT2D eigenvalue weighted by Gasteiger charge is 2.35. The van der Waals surface area contributed by atoms with Gasteiger partial charge in [-0.3, -0.25) is 0 Å². The third-order valence-electron chi connectivity index (χ3n) is 1.74. The van der Waals surface area contributed by atoms with E-state index in [1.54, 1.807) is 0 Å². The first-order chi connectivity index (χ1) is 6.50. The number of halogens is 3. The summed E-state index contributed by atoms with van der Waals surface area (Å²) in [7, 11) is 0. The van der Waals surface area contributed by atoms with Crippen LogP contribution in [0.25, 0.3) is 5.65 Å². The van der Waals surface area contributed by atoms with Gasteiger partial charge < -0.3 is 5.73 Å². The fraction of sp³-hybridized carbons (Fsp3) is 0.143. The molecule has 14 heavy (non-hydrogen) atoms. The van der Waals surface area contributed by atoms with E-state index in [0.717, 1.165) is 4.52 Å². The molecule has 0 saturated carbocycles. The van der Waals surface area contributed by atoms with E-state index in [2.05, 4.69) is 10.1 Å². The van der Waals surface area contributed by atoms with E-state index >= 15 is 0 Å². The summed E-state index contributed by atoms with van der Waals surface area (Å²) in [6.45, 7) is 0. The maximum Gasteiger partial charge on any atom is 0.421 e. The molecular formula is C7H5F3N4. The largest absolute Gasteiger partial charge is 0.421 e. The average Bonchev–Trinajstić information content (AvgIpc) is 2.47. The van der Waals surface area contributed by atoms with Crippen LogP contribution in [0.1, 0.15) is 5.56 Å². The molecule has 2 rings (SSSR count). The fourth-order valence-corrected chi connectivity index (χ4v) is 1.11. The third kappa shape index (κ3) is 1.17. The molecule has 2 N–H and O–H groups in total. The minimum Gasteiger partial charge on any atom is -0.384 e. The molecule has 0 aliphatic rings. The van der Waals surface area contributed by atoms with Crippen molar-refractivity contribution in [2.45, 2.75) is 6.18 Å². The lowest BCUT2D eigenvalue weighted by molar-refractivity contribution is -0.136. The molecule has 2 aromatic rings. The number of hydrogen-bond acceptors (Lipinski definition) is 3. The Morgan fingerprint density at radius 2 is 2.07 bits per heavy atom. The Balaban J connectivity index is 2.76. The number of hydrogen-bond donors (Lipinski definition) is 1. The van der Waals surface area contributed by atoms with Crippen molar-refractivity contribution in [1.82, 2.24) is 14.6 Å². The van der Waals surface area contributed by atoms with Gasteiger partial charge in [-0.1, -0.05) is 0 Å². The molecule has 2 heterocycles. The zero-order valence-corrected chi connectivity index (χ0v) is 6.78. The molecule has 4 nitrogen and oxygen atoms in total. The van der Waals surface area contributed by atoms with Crippen molar-refractivity contribution in [3.05, 3.63) is 24.0 Å². The second kappa shape index (κ2) is 2.60. The minimum absolute atomic E-state index is 0.116. The van der Waals surface area contributed by atoms with Crippen LogP contribution in [0.4, 0.5) is 19.0 Å². The SMILES string of the molecule is Nc1ccnc2c(C(F)(F)F)cnn12. The Morgan fingerprint density at radius 3 is 2.71 bits per heavy atom. The second-order valence-corrected chi connectivity index (χ2v) is 2.66. The summed E-state index contributed by atoms with van der Waals surface area (Å²) in [6, 6.07) is 1.38. The monoisotopic (exact) mass is 202 g/mol. The Labute approximate surface area is 76.2 Å². The first-order valence-corrected chi connectivity index (χ1v) is 3.65. The summed E-state index contributed by atoms with van der Waals surface area (Å²) < 4.78 is 38.0. The number of nitrogen functional groups attached to an aromatic ring is 1. The highest BCUT2D eigenvalue weighted by atomic mass is 19.4. The van der Waals surface area contributed by atoms with E-state index < -0.39 is 11.7 Å². The molecule has 0 spiro atoms. The summed E-state index contributed by atoms with van der Waals surface area (Å²) in [6.07, 6.45) is -2.54. The lowest BCUT2D eigenvalue weighted by Crippen LogP contribution is -2.06. The van der Waals surface area contributed by atoms with Gasteiger partial charge in [0.15, 0.2) is 5.65 Å². The van der Waals surface area contributed by atoms with Crippen LogP contribution in [0.5, 0.6) is 0 Å². The Bertz CT molecular complexity index is 473. The summed E-state index contributed by atoms with van der Waals surface area (Å²) in [5.41, 5.74) is 4.24. The minimum atomic E-state index is -4.46. The smallest absolute Gasteiger partial charge is 0.384 e. The van der Waals surface area contributed by atoms with Crippen LogP contribution in [0.2, 0.25) is 0 Å². The van der Waals surface area contributed by atoms with E-state index in [-0.39, 0.29) is 11.5 Å². The number of aromatic nitrogens is 3. The van der Waals surface area contributed by atoms with E-state index in [1.807, 2.05) is 0 Å². The van der Waals surface area contributed by atoms with E-state index in [9.17, 15) is 13.2 Å². The van der Waals surface area contributed by atoms with Crippen molar-refractivity contribution in [2.75, 3.05) is 5.73 Å². The summed E-state index contributed by atoms with van der Waals surface area (Å²) in [5, 5.41) is 3.49. The lowest BCUT2D eigenvalue weighted by Gasteiger charge is -2.03. The number of rotatable bonds is 0. The van der Waals surface area contributed by atoms with Crippen LogP contribution in [-0.4, -0.2) is 14.6 Å². The number of fused-ring (bicyclic) bond motifs is 1. The van der Waals surface area contributed by atoms with Crippen LogP contribution in [0.15, 0.2) is 18.5 Å². The summed E-state index contributed by atoms with van der Waals surface area (Å²) in [5.74, 6) is 0.116. The molecule has 7 heteroatoms. The molecule has 0 bridgehead atoms. The molecular weight excluding hydrogens is 197 g/mol. The first kappa shape index (κ1) is 8.79. The fourth-order valence-electron chi connectivity index (χ4n) is 1.11. The number of nitrogens with two attached hydrogens (primary N) is 1. The second-order valence-electron chi connectivity index (χ2n) is 2.66. The van der Waals surface area contributed by atoms with Gasteiger partial charge in [-0.05, 0) is 6.07 Å². The van der Waals surface area contributed by atoms with E-state index in [4.69, 9.17) is 5.73 Å². The van der Waals surface area contributed by atoms with Gasteiger partial charge in [0.25, 0.3) is 0 Å². The van der Waals surface area contributed by atoms with Gasteiger partial charge in [0.1, 0.15) is 11.4 Å². The van der Waals surface area contributed by atoms with Crippen molar-refractivity contribution in [3.8, 4) is 0 Å². The normalized spacial score (nSPS) is 12.2. The first-order valence-electron chi connectivity index (χ1n) is 3.65. The Hall–Kier alpha value is -1.79. The quantitative estimate of drug-likeness (QED) is 0.701. The van der Waals surface area contributed by atoms with Crippen LogP contribution >= 0.6 is 0 Å².